The fourth-order valence-corrected chi connectivity index (χ4v) is 1.75. The highest BCUT2D eigenvalue weighted by Gasteiger charge is 2.11. The Labute approximate surface area is 118 Å². The normalized spacial score (nSPS) is 9.85. The van der Waals surface area contributed by atoms with E-state index >= 15 is 0 Å². The van der Waals surface area contributed by atoms with Gasteiger partial charge < -0.3 is 15.3 Å². The molecule has 1 rings (SSSR count). The Kier molecular flexibility index (Phi) is 6.29. The number of nitrogens with one attached hydrogen (secondary N) is 1. The predicted octanol–water partition coefficient (Wildman–Crippen LogP) is 2.14. The minimum atomic E-state index is -0.946. The van der Waals surface area contributed by atoms with Crippen molar-refractivity contribution in [3.63, 3.8) is 0 Å². The third-order valence-corrected chi connectivity index (χ3v) is 2.94. The van der Waals surface area contributed by atoms with Gasteiger partial charge in [0.2, 0.25) is 0 Å². The zero-order valence-corrected chi connectivity index (χ0v) is 11.6. The van der Waals surface area contributed by atoms with E-state index in [2.05, 4.69) is 11.9 Å². The van der Waals surface area contributed by atoms with E-state index in [1.807, 2.05) is 0 Å². The number of hydrogen-bond acceptors (Lipinski definition) is 2. The highest BCUT2D eigenvalue weighted by Crippen LogP contribution is 2.10. The van der Waals surface area contributed by atoms with Crippen LogP contribution in [0.1, 0.15) is 22.3 Å². The van der Waals surface area contributed by atoms with Crippen molar-refractivity contribution in [3.05, 3.63) is 48.0 Å². The van der Waals surface area contributed by atoms with Crippen LogP contribution >= 0.6 is 0 Å². The molecule has 0 fully saturated rings. The van der Waals surface area contributed by atoms with Gasteiger partial charge in [-0.3, -0.25) is 0 Å². The van der Waals surface area contributed by atoms with E-state index in [-0.39, 0.29) is 11.6 Å². The first kappa shape index (κ1) is 15.8. The summed E-state index contributed by atoms with van der Waals surface area (Å²) < 4.78 is 0. The molecule has 0 atom stereocenters. The number of amides is 2. The molecule has 1 aromatic carbocycles. The average Bonchev–Trinajstić information content (AvgIpc) is 2.45. The highest BCUT2D eigenvalue weighted by atomic mass is 16.4. The molecule has 108 valence electrons. The molecule has 0 aliphatic rings. The fraction of sp³-hybridized carbons (Fsp3) is 0.333. The van der Waals surface area contributed by atoms with Gasteiger partial charge in [-0.15, -0.1) is 6.58 Å². The van der Waals surface area contributed by atoms with Gasteiger partial charge in [0.25, 0.3) is 0 Å². The number of carboxylic acid groups (broad SMARTS) is 1. The molecule has 0 aromatic heterocycles. The van der Waals surface area contributed by atoms with Crippen LogP contribution in [0.4, 0.5) is 4.79 Å². The minimum absolute atomic E-state index is 0.167. The molecule has 0 bridgehead atoms. The average molecular weight is 276 g/mol. The summed E-state index contributed by atoms with van der Waals surface area (Å²) in [5, 5.41) is 11.8. The maximum Gasteiger partial charge on any atom is 0.335 e. The zero-order chi connectivity index (χ0) is 15.0. The van der Waals surface area contributed by atoms with E-state index in [1.165, 1.54) is 0 Å². The molecule has 0 heterocycles. The number of carboxylic acids is 1. The second-order valence-corrected chi connectivity index (χ2v) is 4.44. The second kappa shape index (κ2) is 7.99. The Morgan fingerprint density at radius 1 is 1.40 bits per heavy atom. The number of nitrogens with zero attached hydrogens (tertiary/aromatic N) is 1. The Bertz CT molecular complexity index is 486. The molecule has 1 aromatic rings. The van der Waals surface area contributed by atoms with Crippen LogP contribution in [0.2, 0.25) is 0 Å². The Morgan fingerprint density at radius 3 is 2.75 bits per heavy atom. The summed E-state index contributed by atoms with van der Waals surface area (Å²) in [5.74, 6) is -0.946. The monoisotopic (exact) mass is 276 g/mol. The van der Waals surface area contributed by atoms with Crippen LogP contribution < -0.4 is 5.32 Å². The first-order valence-electron chi connectivity index (χ1n) is 6.47. The maximum atomic E-state index is 11.7. The van der Waals surface area contributed by atoms with Gasteiger partial charge in [0, 0.05) is 20.1 Å². The van der Waals surface area contributed by atoms with Crippen molar-refractivity contribution >= 4 is 12.0 Å². The lowest BCUT2D eigenvalue weighted by Gasteiger charge is -2.18. The van der Waals surface area contributed by atoms with Crippen LogP contribution in [0.15, 0.2) is 36.9 Å². The largest absolute Gasteiger partial charge is 0.478 e. The molecule has 2 amide bonds. The quantitative estimate of drug-likeness (QED) is 0.592. The Balaban J connectivity index is 2.52. The second-order valence-electron chi connectivity index (χ2n) is 4.44. The zero-order valence-electron chi connectivity index (χ0n) is 11.6. The number of likely N-dealkylation sites (N-methyl/N-ethyl adjacent to an activating group) is 1. The number of benzene rings is 1. The van der Waals surface area contributed by atoms with Crippen molar-refractivity contribution in [2.75, 3.05) is 20.1 Å². The summed E-state index contributed by atoms with van der Waals surface area (Å²) >= 11 is 0. The maximum absolute atomic E-state index is 11.7. The fourth-order valence-electron chi connectivity index (χ4n) is 1.75. The summed E-state index contributed by atoms with van der Waals surface area (Å²) in [7, 11) is 1.69. The number of rotatable bonds is 7. The van der Waals surface area contributed by atoms with Gasteiger partial charge in [-0.1, -0.05) is 24.3 Å². The van der Waals surface area contributed by atoms with E-state index in [0.29, 0.717) is 19.5 Å². The van der Waals surface area contributed by atoms with Crippen LogP contribution in [0.5, 0.6) is 0 Å². The lowest BCUT2D eigenvalue weighted by molar-refractivity contribution is 0.0695. The van der Waals surface area contributed by atoms with Gasteiger partial charge in [-0.05, 0) is 24.5 Å². The van der Waals surface area contributed by atoms with Crippen molar-refractivity contribution in [1.29, 1.82) is 0 Å². The number of carbonyl (C=O) groups is 2. The molecule has 2 N–H and O–H groups in total. The van der Waals surface area contributed by atoms with Gasteiger partial charge >= 0.3 is 12.0 Å². The molecule has 0 unspecified atom stereocenters. The smallest absolute Gasteiger partial charge is 0.335 e. The molecular formula is C15H20N2O3. The third kappa shape index (κ3) is 4.76. The molecule has 0 aliphatic heterocycles. The van der Waals surface area contributed by atoms with Crippen molar-refractivity contribution < 1.29 is 14.7 Å². The minimum Gasteiger partial charge on any atom is -0.478 e. The van der Waals surface area contributed by atoms with Crippen LogP contribution in [-0.4, -0.2) is 42.1 Å². The summed E-state index contributed by atoms with van der Waals surface area (Å²) in [4.78, 5) is 24.3. The van der Waals surface area contributed by atoms with Gasteiger partial charge in [0.05, 0.1) is 5.56 Å². The SMILES string of the molecule is C=CCCNC(=O)N(C)CCc1ccccc1C(=O)O. The summed E-state index contributed by atoms with van der Waals surface area (Å²) in [6.45, 7) is 4.60. The van der Waals surface area contributed by atoms with Crippen LogP contribution in [0.25, 0.3) is 0 Å². The summed E-state index contributed by atoms with van der Waals surface area (Å²) in [5.41, 5.74) is 1.01. The van der Waals surface area contributed by atoms with E-state index in [9.17, 15) is 9.59 Å². The highest BCUT2D eigenvalue weighted by molar-refractivity contribution is 5.89. The standard InChI is InChI=1S/C15H20N2O3/c1-3-4-10-16-15(20)17(2)11-9-12-7-5-6-8-13(12)14(18)19/h3,5-8H,1,4,9-11H2,2H3,(H,16,20)(H,18,19). The first-order chi connectivity index (χ1) is 9.56. The van der Waals surface area contributed by atoms with Crippen molar-refractivity contribution in [3.8, 4) is 0 Å². The van der Waals surface area contributed by atoms with Gasteiger partial charge in [0.15, 0.2) is 0 Å². The lowest BCUT2D eigenvalue weighted by atomic mass is 10.0. The molecule has 0 spiro atoms. The van der Waals surface area contributed by atoms with E-state index in [0.717, 1.165) is 12.0 Å². The van der Waals surface area contributed by atoms with Gasteiger partial charge in [-0.2, -0.15) is 0 Å². The van der Waals surface area contributed by atoms with E-state index in [4.69, 9.17) is 5.11 Å². The van der Waals surface area contributed by atoms with Gasteiger partial charge in [0.1, 0.15) is 0 Å². The molecule has 20 heavy (non-hydrogen) atoms. The van der Waals surface area contributed by atoms with E-state index < -0.39 is 5.97 Å². The van der Waals surface area contributed by atoms with Crippen molar-refractivity contribution in [2.24, 2.45) is 0 Å². The molecule has 0 aliphatic carbocycles. The summed E-state index contributed by atoms with van der Waals surface area (Å²) in [6, 6.07) is 6.67. The number of hydrogen-bond donors (Lipinski definition) is 2. The number of aromatic carboxylic acids is 1. The molecule has 5 heteroatoms. The molecule has 0 saturated heterocycles. The van der Waals surface area contributed by atoms with Crippen LogP contribution in [0.3, 0.4) is 0 Å². The van der Waals surface area contributed by atoms with E-state index in [1.54, 1.807) is 42.3 Å². The van der Waals surface area contributed by atoms with Crippen LogP contribution in [-0.2, 0) is 6.42 Å². The Hall–Kier alpha value is -2.30. The molecular weight excluding hydrogens is 256 g/mol. The molecule has 0 radical (unpaired) electrons. The Morgan fingerprint density at radius 2 is 2.10 bits per heavy atom. The van der Waals surface area contributed by atoms with Crippen molar-refractivity contribution in [2.45, 2.75) is 12.8 Å². The van der Waals surface area contributed by atoms with Crippen molar-refractivity contribution in [1.82, 2.24) is 10.2 Å². The van der Waals surface area contributed by atoms with Crippen LogP contribution in [0, 0.1) is 0 Å². The lowest BCUT2D eigenvalue weighted by Crippen LogP contribution is -2.38. The number of urea groups is 1. The topological polar surface area (TPSA) is 69.6 Å². The third-order valence-electron chi connectivity index (χ3n) is 2.94. The molecule has 0 saturated carbocycles. The predicted molar refractivity (Wildman–Crippen MR) is 77.9 cm³/mol. The van der Waals surface area contributed by atoms with Gasteiger partial charge in [-0.25, -0.2) is 9.59 Å². The first-order valence-corrected chi connectivity index (χ1v) is 6.47. The summed E-state index contributed by atoms with van der Waals surface area (Å²) in [6.07, 6.45) is 2.97. The number of carbonyl (C=O) groups excluding carboxylic acids is 1. The molecule has 5 nitrogen and oxygen atoms in total.